The maximum absolute atomic E-state index is 12.6. The van der Waals surface area contributed by atoms with E-state index in [4.69, 9.17) is 8.92 Å². The van der Waals surface area contributed by atoms with Crippen LogP contribution in [0.1, 0.15) is 18.9 Å². The Hall–Kier alpha value is -2.23. The number of ether oxygens (including phenoxy) is 1. The maximum atomic E-state index is 12.6. The van der Waals surface area contributed by atoms with Gasteiger partial charge in [0.2, 0.25) is 0 Å². The van der Waals surface area contributed by atoms with Crippen molar-refractivity contribution in [2.24, 2.45) is 0 Å². The highest BCUT2D eigenvalue weighted by Crippen LogP contribution is 2.28. The molecule has 0 radical (unpaired) electrons. The molecule has 1 unspecified atom stereocenters. The standard InChI is InChI=1S/C16H16N2O5S2/c1-3-15(19)22-11-7-10(2)8-12(9-11)23-25(20,21)14-6-4-5-13-16(14)18-24-17-13/h4-9,15,19H,3H2,1-2H3. The Bertz CT molecular complexity index is 1000. The Morgan fingerprint density at radius 2 is 1.96 bits per heavy atom. The van der Waals surface area contributed by atoms with Crippen molar-refractivity contribution in [3.8, 4) is 11.5 Å². The summed E-state index contributed by atoms with van der Waals surface area (Å²) in [5, 5.41) is 9.60. The van der Waals surface area contributed by atoms with Crippen LogP contribution >= 0.6 is 11.7 Å². The monoisotopic (exact) mass is 380 g/mol. The lowest BCUT2D eigenvalue weighted by atomic mass is 10.2. The molecule has 1 aromatic heterocycles. The molecular formula is C16H16N2O5S2. The first-order valence-electron chi connectivity index (χ1n) is 7.51. The van der Waals surface area contributed by atoms with Crippen LogP contribution in [0, 0.1) is 6.92 Å². The third-order valence-corrected chi connectivity index (χ3v) is 5.19. The van der Waals surface area contributed by atoms with Crippen LogP contribution in [0.3, 0.4) is 0 Å². The zero-order valence-electron chi connectivity index (χ0n) is 13.5. The van der Waals surface area contributed by atoms with E-state index in [0.717, 1.165) is 17.3 Å². The van der Waals surface area contributed by atoms with Crippen molar-refractivity contribution in [2.75, 3.05) is 0 Å². The minimum absolute atomic E-state index is 0.0451. The zero-order chi connectivity index (χ0) is 18.0. The topological polar surface area (TPSA) is 98.6 Å². The molecule has 3 rings (SSSR count). The first-order chi connectivity index (χ1) is 11.9. The smallest absolute Gasteiger partial charge is 0.341 e. The third-order valence-electron chi connectivity index (χ3n) is 3.37. The van der Waals surface area contributed by atoms with Gasteiger partial charge < -0.3 is 14.0 Å². The van der Waals surface area contributed by atoms with Gasteiger partial charge in [-0.2, -0.15) is 17.2 Å². The molecule has 25 heavy (non-hydrogen) atoms. The Morgan fingerprint density at radius 1 is 1.20 bits per heavy atom. The van der Waals surface area contributed by atoms with E-state index in [1.165, 1.54) is 12.1 Å². The molecule has 1 atom stereocenters. The van der Waals surface area contributed by atoms with Gasteiger partial charge in [0.15, 0.2) is 6.29 Å². The van der Waals surface area contributed by atoms with E-state index in [1.807, 2.05) is 0 Å². The van der Waals surface area contributed by atoms with Crippen molar-refractivity contribution in [3.05, 3.63) is 42.0 Å². The Labute approximate surface area is 149 Å². The molecule has 2 aromatic carbocycles. The first-order valence-corrected chi connectivity index (χ1v) is 9.65. The molecule has 0 amide bonds. The highest BCUT2D eigenvalue weighted by atomic mass is 32.2. The Balaban J connectivity index is 1.94. The van der Waals surface area contributed by atoms with Crippen LogP contribution in [0.2, 0.25) is 0 Å². The van der Waals surface area contributed by atoms with Crippen molar-refractivity contribution < 1.29 is 22.4 Å². The maximum Gasteiger partial charge on any atom is 0.341 e. The van der Waals surface area contributed by atoms with Gasteiger partial charge in [-0.3, -0.25) is 0 Å². The fourth-order valence-electron chi connectivity index (χ4n) is 2.23. The van der Waals surface area contributed by atoms with Gasteiger partial charge in [0, 0.05) is 12.5 Å². The van der Waals surface area contributed by atoms with Gasteiger partial charge in [-0.1, -0.05) is 13.0 Å². The van der Waals surface area contributed by atoms with Crippen molar-refractivity contribution in [1.29, 1.82) is 0 Å². The van der Waals surface area contributed by atoms with Crippen molar-refractivity contribution in [1.82, 2.24) is 8.75 Å². The van der Waals surface area contributed by atoms with E-state index in [9.17, 15) is 13.5 Å². The van der Waals surface area contributed by atoms with E-state index in [0.29, 0.717) is 17.7 Å². The molecule has 0 aliphatic rings. The summed E-state index contributed by atoms with van der Waals surface area (Å²) in [5.41, 5.74) is 1.51. The fraction of sp³-hybridized carbons (Fsp3) is 0.250. The quantitative estimate of drug-likeness (QED) is 0.518. The number of aliphatic hydroxyl groups excluding tert-OH is 1. The van der Waals surface area contributed by atoms with E-state index >= 15 is 0 Å². The Morgan fingerprint density at radius 3 is 2.72 bits per heavy atom. The summed E-state index contributed by atoms with van der Waals surface area (Å²) in [7, 11) is -4.09. The number of aliphatic hydroxyl groups is 1. The summed E-state index contributed by atoms with van der Waals surface area (Å²) in [5.74, 6) is 0.423. The molecule has 9 heteroatoms. The van der Waals surface area contributed by atoms with Gasteiger partial charge in [0.25, 0.3) is 0 Å². The summed E-state index contributed by atoms with van der Waals surface area (Å²) in [6.45, 7) is 3.54. The zero-order valence-corrected chi connectivity index (χ0v) is 15.2. The highest BCUT2D eigenvalue weighted by molar-refractivity contribution is 7.87. The second-order valence-corrected chi connectivity index (χ2v) is 7.43. The van der Waals surface area contributed by atoms with Gasteiger partial charge in [-0.05, 0) is 36.8 Å². The normalized spacial score (nSPS) is 12.9. The van der Waals surface area contributed by atoms with Crippen molar-refractivity contribution >= 4 is 32.9 Å². The van der Waals surface area contributed by atoms with Gasteiger partial charge in [0.1, 0.15) is 27.4 Å². The van der Waals surface area contributed by atoms with Gasteiger partial charge in [-0.25, -0.2) is 0 Å². The number of benzene rings is 2. The highest BCUT2D eigenvalue weighted by Gasteiger charge is 2.22. The molecular weight excluding hydrogens is 364 g/mol. The number of rotatable bonds is 6. The first kappa shape index (κ1) is 17.6. The molecule has 7 nitrogen and oxygen atoms in total. The lowest BCUT2D eigenvalue weighted by Crippen LogP contribution is -2.14. The fourth-order valence-corrected chi connectivity index (χ4v) is 3.90. The minimum atomic E-state index is -4.09. The minimum Gasteiger partial charge on any atom is -0.465 e. The molecule has 132 valence electrons. The van der Waals surface area contributed by atoms with Crippen LogP contribution < -0.4 is 8.92 Å². The number of nitrogens with zero attached hydrogens (tertiary/aromatic N) is 2. The third kappa shape index (κ3) is 3.89. The SMILES string of the molecule is CCC(O)Oc1cc(C)cc(OS(=O)(=O)c2cccc3nsnc23)c1. The van der Waals surface area contributed by atoms with Crippen LogP contribution in [0.15, 0.2) is 41.3 Å². The molecule has 3 aromatic rings. The van der Waals surface area contributed by atoms with Crippen LogP contribution in [-0.2, 0) is 10.1 Å². The van der Waals surface area contributed by atoms with Crippen LogP contribution in [0.5, 0.6) is 11.5 Å². The van der Waals surface area contributed by atoms with Crippen molar-refractivity contribution in [3.63, 3.8) is 0 Å². The Kier molecular flexibility index (Phi) is 4.89. The number of aryl methyl sites for hydroxylation is 1. The summed E-state index contributed by atoms with van der Waals surface area (Å²) in [6.07, 6.45) is -0.567. The lowest BCUT2D eigenvalue weighted by Gasteiger charge is -2.14. The second kappa shape index (κ2) is 6.95. The van der Waals surface area contributed by atoms with E-state index in [-0.39, 0.29) is 16.2 Å². The molecule has 1 N–H and O–H groups in total. The predicted octanol–water partition coefficient (Wildman–Crippen LogP) is 2.87. The van der Waals surface area contributed by atoms with Crippen LogP contribution in [0.4, 0.5) is 0 Å². The van der Waals surface area contributed by atoms with Gasteiger partial charge in [0.05, 0.1) is 11.7 Å². The van der Waals surface area contributed by atoms with Crippen molar-refractivity contribution in [2.45, 2.75) is 31.5 Å². The largest absolute Gasteiger partial charge is 0.465 e. The molecule has 0 saturated heterocycles. The van der Waals surface area contributed by atoms with E-state index in [2.05, 4.69) is 8.75 Å². The molecule has 0 aliphatic carbocycles. The number of fused-ring (bicyclic) bond motifs is 1. The summed E-state index contributed by atoms with van der Waals surface area (Å²) in [6, 6.07) is 9.37. The van der Waals surface area contributed by atoms with Crippen LogP contribution in [0.25, 0.3) is 11.0 Å². The lowest BCUT2D eigenvalue weighted by molar-refractivity contribution is -0.0192. The molecule has 0 bridgehead atoms. The van der Waals surface area contributed by atoms with E-state index < -0.39 is 16.4 Å². The average molecular weight is 380 g/mol. The van der Waals surface area contributed by atoms with Gasteiger partial charge >= 0.3 is 10.1 Å². The molecule has 0 saturated carbocycles. The molecule has 0 aliphatic heterocycles. The van der Waals surface area contributed by atoms with Gasteiger partial charge in [-0.15, -0.1) is 0 Å². The summed E-state index contributed by atoms with van der Waals surface area (Å²) >= 11 is 0.936. The number of hydrogen-bond acceptors (Lipinski definition) is 8. The van der Waals surface area contributed by atoms with E-state index in [1.54, 1.807) is 38.1 Å². The molecule has 1 heterocycles. The van der Waals surface area contributed by atoms with Crippen LogP contribution in [-0.4, -0.2) is 28.6 Å². The molecule has 0 spiro atoms. The summed E-state index contributed by atoms with van der Waals surface area (Å²) in [4.78, 5) is -0.0451. The summed E-state index contributed by atoms with van der Waals surface area (Å²) < 4.78 is 43.9. The second-order valence-electron chi connectivity index (χ2n) is 5.39. The number of hydrogen-bond donors (Lipinski definition) is 1. The average Bonchev–Trinajstić information content (AvgIpc) is 3.01. The predicted molar refractivity (Wildman–Crippen MR) is 93.3 cm³/mol. The molecule has 0 fully saturated rings. The number of aromatic nitrogens is 2.